The summed E-state index contributed by atoms with van der Waals surface area (Å²) in [4.78, 5) is 21.9. The van der Waals surface area contributed by atoms with Gasteiger partial charge < -0.3 is 9.84 Å². The first-order valence-corrected chi connectivity index (χ1v) is 4.64. The molecule has 0 amide bonds. The third-order valence-corrected chi connectivity index (χ3v) is 1.91. The van der Waals surface area contributed by atoms with Gasteiger partial charge in [-0.15, -0.1) is 0 Å². The van der Waals surface area contributed by atoms with Gasteiger partial charge in [0.25, 0.3) is 5.78 Å². The van der Waals surface area contributed by atoms with Crippen molar-refractivity contribution >= 4 is 17.5 Å². The van der Waals surface area contributed by atoms with E-state index in [9.17, 15) is 14.7 Å². The lowest BCUT2D eigenvalue weighted by atomic mass is 10.2. The molecule has 6 heteroatoms. The maximum Gasteiger partial charge on any atom is 0.378 e. The van der Waals surface area contributed by atoms with Gasteiger partial charge in [0.15, 0.2) is 0 Å². The van der Waals surface area contributed by atoms with E-state index in [1.165, 1.54) is 6.20 Å². The molecular weight excluding hydrogens is 212 g/mol. The van der Waals surface area contributed by atoms with Gasteiger partial charge in [0.2, 0.25) is 0 Å². The van der Waals surface area contributed by atoms with Crippen molar-refractivity contribution in [1.82, 2.24) is 9.78 Å². The number of carbonyl (C=O) groups excluding carboxylic acids is 2. The zero-order chi connectivity index (χ0) is 12.1. The van der Waals surface area contributed by atoms with Gasteiger partial charge in [-0.2, -0.15) is 5.10 Å². The number of esters is 1. The maximum atomic E-state index is 11.1. The van der Waals surface area contributed by atoms with E-state index in [1.54, 1.807) is 10.9 Å². The van der Waals surface area contributed by atoms with Crippen LogP contribution in [0.4, 0.5) is 0 Å². The molecule has 1 N–H and O–H groups in total. The Labute approximate surface area is 92.1 Å². The van der Waals surface area contributed by atoms with Crippen molar-refractivity contribution in [3.05, 3.63) is 24.0 Å². The molecule has 0 aliphatic rings. The zero-order valence-corrected chi connectivity index (χ0v) is 9.01. The predicted octanol–water partition coefficient (Wildman–Crippen LogP) is 0.544. The van der Waals surface area contributed by atoms with E-state index in [0.717, 1.165) is 13.2 Å². The van der Waals surface area contributed by atoms with Gasteiger partial charge in [0.05, 0.1) is 18.9 Å². The van der Waals surface area contributed by atoms with Gasteiger partial charge in [-0.25, -0.2) is 4.79 Å². The van der Waals surface area contributed by atoms with Crippen LogP contribution < -0.4 is 0 Å². The van der Waals surface area contributed by atoms with Crippen molar-refractivity contribution < 1.29 is 19.4 Å². The first kappa shape index (κ1) is 12.0. The topological polar surface area (TPSA) is 81.4 Å². The first-order chi connectivity index (χ1) is 7.58. The molecule has 1 rings (SSSR count). The zero-order valence-electron chi connectivity index (χ0n) is 9.01. The number of hydrogen-bond acceptors (Lipinski definition) is 5. The quantitative estimate of drug-likeness (QED) is 0.349. The highest BCUT2D eigenvalue weighted by Crippen LogP contribution is 2.09. The Hall–Kier alpha value is -2.11. The van der Waals surface area contributed by atoms with Gasteiger partial charge in [0, 0.05) is 18.8 Å². The summed E-state index contributed by atoms with van der Waals surface area (Å²) in [5.74, 6) is -2.24. The molecule has 0 fully saturated rings. The minimum absolute atomic E-state index is 0.310. The molecule has 86 valence electrons. The van der Waals surface area contributed by atoms with Crippen LogP contribution in [0.1, 0.15) is 12.5 Å². The third kappa shape index (κ3) is 2.69. The van der Waals surface area contributed by atoms with Crippen LogP contribution in [-0.2, 0) is 20.9 Å². The van der Waals surface area contributed by atoms with Crippen molar-refractivity contribution in [1.29, 1.82) is 0 Å². The molecule has 0 radical (unpaired) electrons. The Balaban J connectivity index is 2.84. The molecule has 1 heterocycles. The van der Waals surface area contributed by atoms with Crippen molar-refractivity contribution in [3.8, 4) is 0 Å². The molecular formula is C10H12N2O4. The minimum Gasteiger partial charge on any atom is -0.507 e. The van der Waals surface area contributed by atoms with Gasteiger partial charge in [-0.1, -0.05) is 0 Å². The third-order valence-electron chi connectivity index (χ3n) is 1.91. The fraction of sp³-hybridized carbons (Fsp3) is 0.300. The normalized spacial score (nSPS) is 11.2. The molecule has 0 aliphatic heterocycles. The molecule has 0 unspecified atom stereocenters. The van der Waals surface area contributed by atoms with E-state index in [2.05, 4.69) is 9.84 Å². The van der Waals surface area contributed by atoms with Crippen LogP contribution in [0.3, 0.4) is 0 Å². The number of hydrogen-bond donors (Lipinski definition) is 1. The average molecular weight is 224 g/mol. The van der Waals surface area contributed by atoms with Crippen LogP contribution in [0.5, 0.6) is 0 Å². The molecule has 1 aromatic rings. The summed E-state index contributed by atoms with van der Waals surface area (Å²) < 4.78 is 5.80. The minimum atomic E-state index is -1.02. The summed E-state index contributed by atoms with van der Waals surface area (Å²) in [6, 6.07) is 0. The smallest absolute Gasteiger partial charge is 0.378 e. The Bertz CT molecular complexity index is 434. The second-order valence-electron chi connectivity index (χ2n) is 2.97. The fourth-order valence-electron chi connectivity index (χ4n) is 1.04. The predicted molar refractivity (Wildman–Crippen MR) is 55.5 cm³/mol. The lowest BCUT2D eigenvalue weighted by Gasteiger charge is -1.95. The number of methoxy groups -OCH3 is 1. The number of aryl methyl sites for hydroxylation is 1. The van der Waals surface area contributed by atoms with Crippen LogP contribution in [-0.4, -0.2) is 33.7 Å². The summed E-state index contributed by atoms with van der Waals surface area (Å²) in [5, 5.41) is 13.4. The monoisotopic (exact) mass is 224 g/mol. The molecule has 0 saturated carbocycles. The molecule has 16 heavy (non-hydrogen) atoms. The Morgan fingerprint density at radius 1 is 1.62 bits per heavy atom. The van der Waals surface area contributed by atoms with E-state index in [0.29, 0.717) is 12.1 Å². The van der Waals surface area contributed by atoms with E-state index in [4.69, 9.17) is 0 Å². The highest BCUT2D eigenvalue weighted by molar-refractivity contribution is 6.39. The van der Waals surface area contributed by atoms with E-state index in [1.807, 2.05) is 6.92 Å². The Morgan fingerprint density at radius 2 is 2.31 bits per heavy atom. The summed E-state index contributed by atoms with van der Waals surface area (Å²) in [6.07, 6.45) is 3.78. The van der Waals surface area contributed by atoms with Crippen LogP contribution in [0, 0.1) is 0 Å². The van der Waals surface area contributed by atoms with E-state index >= 15 is 0 Å². The Kier molecular flexibility index (Phi) is 3.82. The number of rotatable bonds is 4. The summed E-state index contributed by atoms with van der Waals surface area (Å²) in [7, 11) is 1.10. The van der Waals surface area contributed by atoms with Crippen molar-refractivity contribution in [2.24, 2.45) is 0 Å². The standard InChI is InChI=1S/C10H12N2O4/c1-3-12-6-7(5-11-12)8(13)4-9(14)10(15)16-2/h4-6,13H,3H2,1-2H3. The molecule has 6 nitrogen and oxygen atoms in total. The second kappa shape index (κ2) is 5.11. The van der Waals surface area contributed by atoms with Crippen LogP contribution in [0.2, 0.25) is 0 Å². The summed E-state index contributed by atoms with van der Waals surface area (Å²) >= 11 is 0. The molecule has 0 bridgehead atoms. The molecule has 1 aromatic heterocycles. The number of aliphatic hydroxyl groups excluding tert-OH is 1. The van der Waals surface area contributed by atoms with Gasteiger partial charge in [-0.3, -0.25) is 9.48 Å². The molecule has 0 aliphatic carbocycles. The SMILES string of the molecule is CCn1cc(C(O)=CC(=O)C(=O)OC)cn1. The highest BCUT2D eigenvalue weighted by atomic mass is 16.5. The second-order valence-corrected chi connectivity index (χ2v) is 2.97. The summed E-state index contributed by atoms with van der Waals surface area (Å²) in [6.45, 7) is 2.54. The van der Waals surface area contributed by atoms with Crippen LogP contribution >= 0.6 is 0 Å². The molecule has 0 saturated heterocycles. The number of carbonyl (C=O) groups is 2. The van der Waals surface area contributed by atoms with Crippen molar-refractivity contribution in [3.63, 3.8) is 0 Å². The lowest BCUT2D eigenvalue weighted by Crippen LogP contribution is -2.12. The first-order valence-electron chi connectivity index (χ1n) is 4.64. The lowest BCUT2D eigenvalue weighted by molar-refractivity contribution is -0.149. The number of ether oxygens (including phenoxy) is 1. The molecule has 0 spiro atoms. The van der Waals surface area contributed by atoms with Gasteiger partial charge in [-0.05, 0) is 6.92 Å². The van der Waals surface area contributed by atoms with Crippen molar-refractivity contribution in [2.75, 3.05) is 7.11 Å². The number of nitrogens with zero attached hydrogens (tertiary/aromatic N) is 2. The summed E-state index contributed by atoms with van der Waals surface area (Å²) in [5.41, 5.74) is 0.374. The van der Waals surface area contributed by atoms with E-state index in [-0.39, 0.29) is 5.76 Å². The number of ketones is 1. The van der Waals surface area contributed by atoms with Crippen LogP contribution in [0.15, 0.2) is 18.5 Å². The number of aliphatic hydroxyl groups is 1. The maximum absolute atomic E-state index is 11.1. The molecule has 0 aromatic carbocycles. The van der Waals surface area contributed by atoms with Gasteiger partial charge >= 0.3 is 5.97 Å². The van der Waals surface area contributed by atoms with Crippen LogP contribution in [0.25, 0.3) is 5.76 Å². The average Bonchev–Trinajstić information content (AvgIpc) is 2.76. The molecule has 0 atom stereocenters. The van der Waals surface area contributed by atoms with E-state index < -0.39 is 11.8 Å². The van der Waals surface area contributed by atoms with Crippen molar-refractivity contribution in [2.45, 2.75) is 13.5 Å². The fourth-order valence-corrected chi connectivity index (χ4v) is 1.04. The largest absolute Gasteiger partial charge is 0.507 e. The highest BCUT2D eigenvalue weighted by Gasteiger charge is 2.13. The number of aromatic nitrogens is 2. The van der Waals surface area contributed by atoms with Gasteiger partial charge in [0.1, 0.15) is 5.76 Å². The Morgan fingerprint density at radius 3 is 2.81 bits per heavy atom.